The Bertz CT molecular complexity index is 604. The van der Waals surface area contributed by atoms with Gasteiger partial charge in [-0.1, -0.05) is 30.1 Å². The van der Waals surface area contributed by atoms with Crippen LogP contribution in [0.4, 0.5) is 0 Å². The van der Waals surface area contributed by atoms with Crippen molar-refractivity contribution < 1.29 is 8.42 Å². The Morgan fingerprint density at radius 2 is 2.05 bits per heavy atom. The lowest BCUT2D eigenvalue weighted by Gasteiger charge is -2.30. The van der Waals surface area contributed by atoms with Gasteiger partial charge in [0.15, 0.2) is 0 Å². The van der Waals surface area contributed by atoms with Gasteiger partial charge in [-0.15, -0.1) is 11.6 Å². The molecule has 0 bridgehead atoms. The summed E-state index contributed by atoms with van der Waals surface area (Å²) in [6, 6.07) is 2.99. The quantitative estimate of drug-likeness (QED) is 0.763. The van der Waals surface area contributed by atoms with Crippen LogP contribution in [0.15, 0.2) is 17.0 Å². The highest BCUT2D eigenvalue weighted by Gasteiger charge is 2.31. The summed E-state index contributed by atoms with van der Waals surface area (Å²) < 4.78 is 26.9. The van der Waals surface area contributed by atoms with Gasteiger partial charge in [0.1, 0.15) is 4.90 Å². The Labute approximate surface area is 134 Å². The monoisotopic (exact) mass is 355 g/mol. The fraction of sp³-hybridized carbons (Fsp3) is 0.538. The molecule has 0 N–H and O–H groups in total. The highest BCUT2D eigenvalue weighted by Crippen LogP contribution is 2.34. The first-order valence-corrected chi connectivity index (χ1v) is 9.14. The minimum absolute atomic E-state index is 0.0808. The molecular formula is C13H16Cl3NO2S. The second-order valence-corrected chi connectivity index (χ2v) is 8.04. The molecule has 20 heavy (non-hydrogen) atoms. The molecule has 1 unspecified atom stereocenters. The van der Waals surface area contributed by atoms with Crippen LogP contribution in [0.1, 0.15) is 25.3 Å². The van der Waals surface area contributed by atoms with Gasteiger partial charge in [0.05, 0.1) is 10.9 Å². The maximum atomic E-state index is 12.7. The zero-order chi connectivity index (χ0) is 14.9. The first-order chi connectivity index (χ1) is 9.37. The standard InChI is InChI=1S/C13H16Cl3NO2S/c1-9-3-2-6-17(8-9)20(18,19)12-5-4-11(15)10(7-14)13(12)16/h4-5,9H,2-3,6-8H2,1H3. The summed E-state index contributed by atoms with van der Waals surface area (Å²) in [6.07, 6.45) is 1.92. The SMILES string of the molecule is CC1CCCN(S(=O)(=O)c2ccc(Cl)c(CCl)c2Cl)C1. The van der Waals surface area contributed by atoms with E-state index >= 15 is 0 Å². The number of alkyl halides is 1. The van der Waals surface area contributed by atoms with Gasteiger partial charge in [-0.3, -0.25) is 0 Å². The third-order valence-corrected chi connectivity index (χ3v) is 6.59. The van der Waals surface area contributed by atoms with Crippen molar-refractivity contribution in [1.82, 2.24) is 4.31 Å². The van der Waals surface area contributed by atoms with Crippen LogP contribution in [0.3, 0.4) is 0 Å². The molecule has 1 aromatic carbocycles. The minimum atomic E-state index is -3.59. The molecule has 1 atom stereocenters. The number of hydrogen-bond donors (Lipinski definition) is 0. The fourth-order valence-electron chi connectivity index (χ4n) is 2.40. The Hall–Kier alpha value is -0.000000000000000167. The maximum absolute atomic E-state index is 12.7. The molecule has 1 aromatic rings. The van der Waals surface area contributed by atoms with Crippen LogP contribution in [0, 0.1) is 5.92 Å². The average Bonchev–Trinajstić information content (AvgIpc) is 2.39. The fourth-order valence-corrected chi connectivity index (χ4v) is 5.30. The van der Waals surface area contributed by atoms with E-state index in [0.717, 1.165) is 12.8 Å². The normalized spacial score (nSPS) is 21.1. The number of nitrogens with zero attached hydrogens (tertiary/aromatic N) is 1. The number of hydrogen-bond acceptors (Lipinski definition) is 2. The highest BCUT2D eigenvalue weighted by molar-refractivity contribution is 7.89. The summed E-state index contributed by atoms with van der Waals surface area (Å²) >= 11 is 18.0. The van der Waals surface area contributed by atoms with Crippen LogP contribution in [0.25, 0.3) is 0 Å². The van der Waals surface area contributed by atoms with Gasteiger partial charge in [0.2, 0.25) is 10.0 Å². The van der Waals surface area contributed by atoms with Crippen LogP contribution in [-0.4, -0.2) is 25.8 Å². The molecule has 112 valence electrons. The largest absolute Gasteiger partial charge is 0.244 e. The first kappa shape index (κ1) is 16.4. The second kappa shape index (κ2) is 6.41. The number of benzene rings is 1. The molecule has 1 fully saturated rings. The van der Waals surface area contributed by atoms with Gasteiger partial charge in [0.25, 0.3) is 0 Å². The lowest BCUT2D eigenvalue weighted by atomic mass is 10.0. The van der Waals surface area contributed by atoms with E-state index in [1.165, 1.54) is 16.4 Å². The molecular weight excluding hydrogens is 341 g/mol. The lowest BCUT2D eigenvalue weighted by Crippen LogP contribution is -2.39. The number of halogens is 3. The second-order valence-electron chi connectivity index (χ2n) is 5.08. The smallest absolute Gasteiger partial charge is 0.207 e. The third kappa shape index (κ3) is 3.09. The molecule has 0 spiro atoms. The van der Waals surface area contributed by atoms with Crippen LogP contribution in [-0.2, 0) is 15.9 Å². The summed E-state index contributed by atoms with van der Waals surface area (Å²) in [5, 5.41) is 0.515. The number of piperidine rings is 1. The number of sulfonamides is 1. The summed E-state index contributed by atoms with van der Waals surface area (Å²) in [6.45, 7) is 3.11. The molecule has 1 aliphatic heterocycles. The van der Waals surface area contributed by atoms with E-state index in [2.05, 4.69) is 6.92 Å². The van der Waals surface area contributed by atoms with Crippen LogP contribution in [0.2, 0.25) is 10.0 Å². The zero-order valence-electron chi connectivity index (χ0n) is 11.1. The van der Waals surface area contributed by atoms with E-state index in [4.69, 9.17) is 34.8 Å². The van der Waals surface area contributed by atoms with E-state index in [0.29, 0.717) is 29.6 Å². The molecule has 2 rings (SSSR count). The molecule has 0 radical (unpaired) electrons. The Kier molecular flexibility index (Phi) is 5.24. The average molecular weight is 357 g/mol. The van der Waals surface area contributed by atoms with Crippen molar-refractivity contribution in [3.63, 3.8) is 0 Å². The van der Waals surface area contributed by atoms with Gasteiger partial charge >= 0.3 is 0 Å². The van der Waals surface area contributed by atoms with Gasteiger partial charge in [0, 0.05) is 23.7 Å². The molecule has 1 saturated heterocycles. The molecule has 1 aliphatic rings. The topological polar surface area (TPSA) is 37.4 Å². The van der Waals surface area contributed by atoms with Gasteiger partial charge in [-0.2, -0.15) is 4.31 Å². The Balaban J connectivity index is 2.44. The van der Waals surface area contributed by atoms with Gasteiger partial charge in [-0.05, 0) is 30.9 Å². The van der Waals surface area contributed by atoms with E-state index in [9.17, 15) is 8.42 Å². The lowest BCUT2D eigenvalue weighted by molar-refractivity contribution is 0.281. The van der Waals surface area contributed by atoms with Crippen molar-refractivity contribution in [2.24, 2.45) is 5.92 Å². The Morgan fingerprint density at radius 3 is 2.65 bits per heavy atom. The predicted molar refractivity (Wildman–Crippen MR) is 83.2 cm³/mol. The molecule has 3 nitrogen and oxygen atoms in total. The molecule has 7 heteroatoms. The van der Waals surface area contributed by atoms with Crippen molar-refractivity contribution in [2.75, 3.05) is 13.1 Å². The van der Waals surface area contributed by atoms with Crippen molar-refractivity contribution in [3.8, 4) is 0 Å². The van der Waals surface area contributed by atoms with Crippen LogP contribution in [0.5, 0.6) is 0 Å². The van der Waals surface area contributed by atoms with Crippen molar-refractivity contribution >= 4 is 44.8 Å². The molecule has 0 aliphatic carbocycles. The predicted octanol–water partition coefficient (Wildman–Crippen LogP) is 4.15. The number of rotatable bonds is 3. The summed E-state index contributed by atoms with van der Waals surface area (Å²) in [5.41, 5.74) is 0.459. The van der Waals surface area contributed by atoms with E-state index < -0.39 is 10.0 Å². The highest BCUT2D eigenvalue weighted by atomic mass is 35.5. The van der Waals surface area contributed by atoms with Gasteiger partial charge in [-0.25, -0.2) is 8.42 Å². The summed E-state index contributed by atoms with van der Waals surface area (Å²) in [5.74, 6) is 0.439. The Morgan fingerprint density at radius 1 is 1.35 bits per heavy atom. The van der Waals surface area contributed by atoms with Crippen molar-refractivity contribution in [2.45, 2.75) is 30.5 Å². The van der Waals surface area contributed by atoms with Crippen molar-refractivity contribution in [3.05, 3.63) is 27.7 Å². The third-order valence-electron chi connectivity index (χ3n) is 3.52. The molecule has 1 heterocycles. The zero-order valence-corrected chi connectivity index (χ0v) is 14.2. The van der Waals surface area contributed by atoms with Gasteiger partial charge < -0.3 is 0 Å². The molecule has 0 saturated carbocycles. The van der Waals surface area contributed by atoms with E-state index in [1.54, 1.807) is 0 Å². The van der Waals surface area contributed by atoms with Crippen LogP contribution < -0.4 is 0 Å². The first-order valence-electron chi connectivity index (χ1n) is 6.41. The minimum Gasteiger partial charge on any atom is -0.207 e. The summed E-state index contributed by atoms with van der Waals surface area (Å²) in [4.78, 5) is 0.0910. The molecule has 0 amide bonds. The van der Waals surface area contributed by atoms with E-state index in [1.807, 2.05) is 0 Å². The summed E-state index contributed by atoms with van der Waals surface area (Å²) in [7, 11) is -3.59. The maximum Gasteiger partial charge on any atom is 0.244 e. The molecule has 0 aromatic heterocycles. The van der Waals surface area contributed by atoms with Crippen LogP contribution >= 0.6 is 34.8 Å². The van der Waals surface area contributed by atoms with E-state index in [-0.39, 0.29) is 15.8 Å². The van der Waals surface area contributed by atoms with Crippen molar-refractivity contribution in [1.29, 1.82) is 0 Å².